The van der Waals surface area contributed by atoms with Crippen LogP contribution in [0, 0.1) is 0 Å². The third-order valence-electron chi connectivity index (χ3n) is 4.38. The molecule has 0 radical (unpaired) electrons. The zero-order valence-electron chi connectivity index (χ0n) is 20.3. The van der Waals surface area contributed by atoms with E-state index in [4.69, 9.17) is 42.1 Å². The standard InChI is InChI=1S/C24H29Cl2N3O6/c1-6-32-17-12-16(13-18(21(17)26)33-7-2)27-24(31)22(14(5)30)28-29-23-19(34-8-3)10-15(25)11-20(23)35-9-4/h10-13,22H,6-9H2,1-5H3,(H,27,31). The van der Waals surface area contributed by atoms with Crippen LogP contribution in [-0.4, -0.2) is 44.2 Å². The van der Waals surface area contributed by atoms with Crippen LogP contribution in [0.25, 0.3) is 0 Å². The number of Topliss-reactive ketones (excluding diaryl/α,β-unsaturated/α-hetero) is 1. The maximum Gasteiger partial charge on any atom is 0.258 e. The van der Waals surface area contributed by atoms with E-state index in [9.17, 15) is 9.59 Å². The van der Waals surface area contributed by atoms with Gasteiger partial charge in [0.1, 0.15) is 16.5 Å². The summed E-state index contributed by atoms with van der Waals surface area (Å²) >= 11 is 12.5. The highest BCUT2D eigenvalue weighted by atomic mass is 35.5. The van der Waals surface area contributed by atoms with Crippen LogP contribution in [-0.2, 0) is 9.59 Å². The van der Waals surface area contributed by atoms with Crippen LogP contribution in [0.15, 0.2) is 34.5 Å². The Hall–Kier alpha value is -3.04. The molecule has 0 aliphatic heterocycles. The fourth-order valence-corrected chi connectivity index (χ4v) is 3.41. The summed E-state index contributed by atoms with van der Waals surface area (Å²) in [5.41, 5.74) is 0.546. The van der Waals surface area contributed by atoms with Gasteiger partial charge in [-0.3, -0.25) is 9.59 Å². The van der Waals surface area contributed by atoms with Crippen molar-refractivity contribution in [3.8, 4) is 23.0 Å². The van der Waals surface area contributed by atoms with Crippen molar-refractivity contribution < 1.29 is 28.5 Å². The summed E-state index contributed by atoms with van der Waals surface area (Å²) in [7, 11) is 0. The number of ketones is 1. The van der Waals surface area contributed by atoms with Gasteiger partial charge in [-0.15, -0.1) is 5.11 Å². The molecule has 0 heterocycles. The molecule has 1 amide bonds. The van der Waals surface area contributed by atoms with Gasteiger partial charge in [-0.25, -0.2) is 0 Å². The molecule has 0 saturated heterocycles. The van der Waals surface area contributed by atoms with Crippen molar-refractivity contribution in [1.29, 1.82) is 0 Å². The molecule has 9 nitrogen and oxygen atoms in total. The predicted octanol–water partition coefficient (Wildman–Crippen LogP) is 6.27. The van der Waals surface area contributed by atoms with Gasteiger partial charge < -0.3 is 24.3 Å². The second-order valence-electron chi connectivity index (χ2n) is 6.99. The third-order valence-corrected chi connectivity index (χ3v) is 4.97. The number of halogens is 2. The van der Waals surface area contributed by atoms with Crippen molar-refractivity contribution in [3.05, 3.63) is 34.3 Å². The topological polar surface area (TPSA) is 108 Å². The molecule has 1 unspecified atom stereocenters. The number of anilines is 1. The fourth-order valence-electron chi connectivity index (χ4n) is 2.99. The third kappa shape index (κ3) is 7.73. The largest absolute Gasteiger partial charge is 0.492 e. The van der Waals surface area contributed by atoms with Crippen LogP contribution >= 0.6 is 23.2 Å². The molecule has 1 N–H and O–H groups in total. The van der Waals surface area contributed by atoms with Crippen LogP contribution in [0.4, 0.5) is 11.4 Å². The number of carbonyl (C=O) groups excluding carboxylic acids is 2. The van der Waals surface area contributed by atoms with Crippen molar-refractivity contribution in [2.45, 2.75) is 40.7 Å². The number of carbonyl (C=O) groups is 2. The molecule has 0 fully saturated rings. The second kappa shape index (κ2) is 13.7. The van der Waals surface area contributed by atoms with E-state index in [0.29, 0.717) is 60.1 Å². The number of nitrogens with one attached hydrogen (secondary N) is 1. The molecule has 11 heteroatoms. The first-order valence-electron chi connectivity index (χ1n) is 11.2. The average molecular weight is 526 g/mol. The van der Waals surface area contributed by atoms with Crippen LogP contribution < -0.4 is 24.3 Å². The first-order chi connectivity index (χ1) is 16.7. The second-order valence-corrected chi connectivity index (χ2v) is 7.80. The summed E-state index contributed by atoms with van der Waals surface area (Å²) in [6, 6.07) is 4.77. The Balaban J connectivity index is 2.40. The average Bonchev–Trinajstić information content (AvgIpc) is 2.79. The molecule has 0 spiro atoms. The number of ether oxygens (including phenoxy) is 4. The smallest absolute Gasteiger partial charge is 0.258 e. The summed E-state index contributed by atoms with van der Waals surface area (Å²) in [5.74, 6) is 0.0877. The van der Waals surface area contributed by atoms with Gasteiger partial charge in [0.05, 0.1) is 26.4 Å². The van der Waals surface area contributed by atoms with Gasteiger partial charge in [-0.1, -0.05) is 23.2 Å². The van der Waals surface area contributed by atoms with Crippen molar-refractivity contribution in [2.75, 3.05) is 31.7 Å². The van der Waals surface area contributed by atoms with Gasteiger partial charge in [0.15, 0.2) is 23.0 Å². The van der Waals surface area contributed by atoms with Gasteiger partial charge in [-0.05, 0) is 34.6 Å². The number of azo groups is 1. The SMILES string of the molecule is CCOc1cc(NC(=O)C(N=Nc2c(OCC)cc(Cl)cc2OCC)C(C)=O)cc(OCC)c1Cl. The van der Waals surface area contributed by atoms with Gasteiger partial charge in [0.25, 0.3) is 5.91 Å². The molecule has 35 heavy (non-hydrogen) atoms. The Morgan fingerprint density at radius 3 is 1.71 bits per heavy atom. The van der Waals surface area contributed by atoms with E-state index in [1.807, 2.05) is 0 Å². The minimum atomic E-state index is -1.43. The molecule has 190 valence electrons. The lowest BCUT2D eigenvalue weighted by atomic mass is 10.2. The highest BCUT2D eigenvalue weighted by Gasteiger charge is 2.25. The quantitative estimate of drug-likeness (QED) is 0.244. The Morgan fingerprint density at radius 2 is 1.29 bits per heavy atom. The van der Waals surface area contributed by atoms with Gasteiger partial charge >= 0.3 is 0 Å². The number of hydrogen-bond acceptors (Lipinski definition) is 8. The highest BCUT2D eigenvalue weighted by molar-refractivity contribution is 6.33. The molecule has 2 rings (SSSR count). The summed E-state index contributed by atoms with van der Waals surface area (Å²) in [6.07, 6.45) is 0. The molecular formula is C24H29Cl2N3O6. The lowest BCUT2D eigenvalue weighted by Crippen LogP contribution is -2.31. The maximum atomic E-state index is 13.0. The predicted molar refractivity (Wildman–Crippen MR) is 135 cm³/mol. The molecule has 1 atom stereocenters. The number of amides is 1. The number of benzene rings is 2. The lowest BCUT2D eigenvalue weighted by molar-refractivity contribution is -0.126. The van der Waals surface area contributed by atoms with E-state index >= 15 is 0 Å². The van der Waals surface area contributed by atoms with E-state index < -0.39 is 17.7 Å². The summed E-state index contributed by atoms with van der Waals surface area (Å²) in [5, 5.41) is 11.5. The Kier molecular flexibility index (Phi) is 11.1. The Bertz CT molecular complexity index is 1020. The molecule has 0 saturated carbocycles. The maximum absolute atomic E-state index is 13.0. The van der Waals surface area contributed by atoms with E-state index in [-0.39, 0.29) is 10.7 Å². The lowest BCUT2D eigenvalue weighted by Gasteiger charge is -2.15. The first kappa shape index (κ1) is 28.2. The van der Waals surface area contributed by atoms with Crippen LogP contribution in [0.5, 0.6) is 23.0 Å². The number of nitrogens with zero attached hydrogens (tertiary/aromatic N) is 2. The number of rotatable bonds is 13. The summed E-state index contributed by atoms with van der Waals surface area (Å²) < 4.78 is 22.2. The van der Waals surface area contributed by atoms with E-state index in [1.54, 1.807) is 52.0 Å². The molecular weight excluding hydrogens is 497 g/mol. The zero-order chi connectivity index (χ0) is 26.0. The zero-order valence-corrected chi connectivity index (χ0v) is 21.8. The van der Waals surface area contributed by atoms with E-state index in [0.717, 1.165) is 0 Å². The monoisotopic (exact) mass is 525 g/mol. The van der Waals surface area contributed by atoms with Crippen molar-refractivity contribution in [2.24, 2.45) is 10.2 Å². The highest BCUT2D eigenvalue weighted by Crippen LogP contribution is 2.41. The Morgan fingerprint density at radius 1 is 0.829 bits per heavy atom. The van der Waals surface area contributed by atoms with Gasteiger partial charge in [-0.2, -0.15) is 5.11 Å². The normalized spacial score (nSPS) is 11.7. The summed E-state index contributed by atoms with van der Waals surface area (Å²) in [6.45, 7) is 9.85. The molecule has 0 aliphatic carbocycles. The Labute approximate surface area is 214 Å². The number of hydrogen-bond donors (Lipinski definition) is 1. The van der Waals surface area contributed by atoms with E-state index in [2.05, 4.69) is 15.5 Å². The van der Waals surface area contributed by atoms with Crippen molar-refractivity contribution >= 4 is 46.3 Å². The molecule has 0 aliphatic rings. The van der Waals surface area contributed by atoms with Gasteiger partial charge in [0, 0.05) is 35.0 Å². The molecule has 0 bridgehead atoms. The first-order valence-corrected chi connectivity index (χ1v) is 11.9. The van der Waals surface area contributed by atoms with Crippen LogP contribution in [0.3, 0.4) is 0 Å². The van der Waals surface area contributed by atoms with Gasteiger partial charge in [0.2, 0.25) is 6.04 Å². The van der Waals surface area contributed by atoms with Crippen molar-refractivity contribution in [1.82, 2.24) is 0 Å². The van der Waals surface area contributed by atoms with E-state index in [1.165, 1.54) is 6.92 Å². The molecule has 2 aromatic carbocycles. The molecule has 2 aromatic rings. The summed E-state index contributed by atoms with van der Waals surface area (Å²) in [4.78, 5) is 25.3. The van der Waals surface area contributed by atoms with Crippen molar-refractivity contribution in [3.63, 3.8) is 0 Å². The van der Waals surface area contributed by atoms with Crippen LogP contribution in [0.2, 0.25) is 10.0 Å². The minimum absolute atomic E-state index is 0.223. The fraction of sp³-hybridized carbons (Fsp3) is 0.417. The molecule has 0 aromatic heterocycles. The minimum Gasteiger partial charge on any atom is -0.492 e. The van der Waals surface area contributed by atoms with Crippen LogP contribution in [0.1, 0.15) is 34.6 Å².